The Morgan fingerprint density at radius 1 is 1.40 bits per heavy atom. The molecule has 0 bridgehead atoms. The van der Waals surface area contributed by atoms with Gasteiger partial charge in [-0.3, -0.25) is 9.69 Å². The third-order valence-corrected chi connectivity index (χ3v) is 4.62. The molecule has 1 rings (SSSR count). The van der Waals surface area contributed by atoms with Crippen molar-refractivity contribution in [2.45, 2.75) is 11.4 Å². The number of carbonyl (C=O) groups excluding carboxylic acids is 1. The van der Waals surface area contributed by atoms with Gasteiger partial charge in [-0.05, 0) is 24.7 Å². The second-order valence-corrected chi connectivity index (χ2v) is 6.69. The highest BCUT2D eigenvalue weighted by atomic mass is 32.2. The van der Waals surface area contributed by atoms with Crippen molar-refractivity contribution in [3.63, 3.8) is 0 Å². The molecule has 7 heteroatoms. The van der Waals surface area contributed by atoms with Crippen LogP contribution in [0.3, 0.4) is 0 Å². The van der Waals surface area contributed by atoms with Crippen LogP contribution >= 0.6 is 0 Å². The molecule has 0 aromatic heterocycles. The fourth-order valence-electron chi connectivity index (χ4n) is 1.66. The number of hydrogen-bond acceptors (Lipinski definition) is 5. The van der Waals surface area contributed by atoms with Crippen LogP contribution in [0.25, 0.3) is 0 Å². The summed E-state index contributed by atoms with van der Waals surface area (Å²) < 4.78 is 24.4. The average Bonchev–Trinajstić information content (AvgIpc) is 2.45. The van der Waals surface area contributed by atoms with E-state index in [-0.39, 0.29) is 23.1 Å². The largest absolute Gasteiger partial charge is 0.358 e. The molecule has 3 N–H and O–H groups in total. The predicted molar refractivity (Wildman–Crippen MR) is 77.9 cm³/mol. The average molecular weight is 299 g/mol. The molecular formula is C13H21N3O3S. The lowest BCUT2D eigenvalue weighted by Crippen LogP contribution is -2.35. The standard InChI is InChI=1S/C13H21N3O3S/c1-15-13(17)10-16(2)6-7-20(18,19)12-5-3-4-11(8-12)9-14/h3-5,8H,6-7,9-10,14H2,1-2H3,(H,15,17). The molecule has 0 radical (unpaired) electrons. The highest BCUT2D eigenvalue weighted by Crippen LogP contribution is 2.13. The van der Waals surface area contributed by atoms with Gasteiger partial charge in [0.1, 0.15) is 0 Å². The number of benzene rings is 1. The maximum Gasteiger partial charge on any atom is 0.233 e. The van der Waals surface area contributed by atoms with E-state index < -0.39 is 9.84 Å². The molecule has 0 saturated carbocycles. The van der Waals surface area contributed by atoms with E-state index in [0.29, 0.717) is 13.1 Å². The van der Waals surface area contributed by atoms with Crippen LogP contribution < -0.4 is 11.1 Å². The van der Waals surface area contributed by atoms with E-state index in [1.807, 2.05) is 0 Å². The second kappa shape index (κ2) is 7.37. The highest BCUT2D eigenvalue weighted by molar-refractivity contribution is 7.91. The van der Waals surface area contributed by atoms with E-state index in [1.54, 1.807) is 43.3 Å². The second-order valence-electron chi connectivity index (χ2n) is 4.58. The first-order valence-electron chi connectivity index (χ1n) is 6.30. The minimum Gasteiger partial charge on any atom is -0.358 e. The van der Waals surface area contributed by atoms with Crippen molar-refractivity contribution in [3.05, 3.63) is 29.8 Å². The maximum absolute atomic E-state index is 12.2. The van der Waals surface area contributed by atoms with Crippen LogP contribution in [0.5, 0.6) is 0 Å². The van der Waals surface area contributed by atoms with E-state index in [0.717, 1.165) is 5.56 Å². The van der Waals surface area contributed by atoms with Crippen molar-refractivity contribution < 1.29 is 13.2 Å². The summed E-state index contributed by atoms with van der Waals surface area (Å²) in [5.74, 6) is -0.177. The van der Waals surface area contributed by atoms with Gasteiger partial charge in [0.2, 0.25) is 5.91 Å². The number of likely N-dealkylation sites (N-methyl/N-ethyl adjacent to an activating group) is 2. The lowest BCUT2D eigenvalue weighted by Gasteiger charge is -2.15. The normalized spacial score (nSPS) is 11.6. The Morgan fingerprint density at radius 2 is 2.10 bits per heavy atom. The van der Waals surface area contributed by atoms with E-state index >= 15 is 0 Å². The van der Waals surface area contributed by atoms with Crippen LogP contribution in [0.1, 0.15) is 5.56 Å². The number of sulfone groups is 1. The van der Waals surface area contributed by atoms with Crippen molar-refractivity contribution in [3.8, 4) is 0 Å². The first kappa shape index (κ1) is 16.6. The Morgan fingerprint density at radius 3 is 2.70 bits per heavy atom. The summed E-state index contributed by atoms with van der Waals surface area (Å²) in [6.07, 6.45) is 0. The van der Waals surface area contributed by atoms with Crippen LogP contribution in [0.15, 0.2) is 29.2 Å². The molecule has 1 aromatic carbocycles. The molecule has 112 valence electrons. The number of amides is 1. The summed E-state index contributed by atoms with van der Waals surface area (Å²) in [7, 11) is -0.103. The summed E-state index contributed by atoms with van der Waals surface area (Å²) in [6.45, 7) is 0.775. The monoisotopic (exact) mass is 299 g/mol. The lowest BCUT2D eigenvalue weighted by molar-refractivity contribution is -0.121. The van der Waals surface area contributed by atoms with Crippen LogP contribution in [-0.4, -0.2) is 52.2 Å². The third-order valence-electron chi connectivity index (χ3n) is 2.93. The van der Waals surface area contributed by atoms with Crippen LogP contribution in [0, 0.1) is 0 Å². The zero-order chi connectivity index (χ0) is 15.2. The molecule has 0 aliphatic carbocycles. The van der Waals surface area contributed by atoms with Gasteiger partial charge in [0.05, 0.1) is 17.2 Å². The predicted octanol–water partition coefficient (Wildman–Crippen LogP) is -0.403. The van der Waals surface area contributed by atoms with Gasteiger partial charge in [-0.25, -0.2) is 8.42 Å². The van der Waals surface area contributed by atoms with Crippen LogP contribution in [0.2, 0.25) is 0 Å². The fourth-order valence-corrected chi connectivity index (χ4v) is 3.07. The molecule has 0 saturated heterocycles. The molecule has 0 atom stereocenters. The summed E-state index contributed by atoms with van der Waals surface area (Å²) in [5, 5.41) is 2.50. The molecule has 0 fully saturated rings. The lowest BCUT2D eigenvalue weighted by atomic mass is 10.2. The molecule has 1 amide bonds. The van der Waals surface area contributed by atoms with Gasteiger partial charge in [0, 0.05) is 20.1 Å². The van der Waals surface area contributed by atoms with Gasteiger partial charge in [-0.15, -0.1) is 0 Å². The van der Waals surface area contributed by atoms with Gasteiger partial charge >= 0.3 is 0 Å². The smallest absolute Gasteiger partial charge is 0.233 e. The molecule has 0 unspecified atom stereocenters. The number of rotatable bonds is 7. The van der Waals surface area contributed by atoms with E-state index in [4.69, 9.17) is 5.73 Å². The maximum atomic E-state index is 12.2. The number of nitrogens with zero attached hydrogens (tertiary/aromatic N) is 1. The highest BCUT2D eigenvalue weighted by Gasteiger charge is 2.16. The van der Waals surface area contributed by atoms with E-state index in [1.165, 1.54) is 0 Å². The van der Waals surface area contributed by atoms with Crippen molar-refractivity contribution in [2.24, 2.45) is 5.73 Å². The van der Waals surface area contributed by atoms with Crippen molar-refractivity contribution in [1.82, 2.24) is 10.2 Å². The molecule has 0 heterocycles. The van der Waals surface area contributed by atoms with Gasteiger partial charge in [0.25, 0.3) is 0 Å². The van der Waals surface area contributed by atoms with Crippen LogP contribution in [-0.2, 0) is 21.2 Å². The Kier molecular flexibility index (Phi) is 6.12. The van der Waals surface area contributed by atoms with Gasteiger partial charge in [-0.1, -0.05) is 12.1 Å². The zero-order valence-electron chi connectivity index (χ0n) is 11.8. The van der Waals surface area contributed by atoms with E-state index in [9.17, 15) is 13.2 Å². The summed E-state index contributed by atoms with van der Waals surface area (Å²) in [5.41, 5.74) is 6.29. The molecule has 20 heavy (non-hydrogen) atoms. The molecule has 0 aliphatic heterocycles. The Balaban J connectivity index is 2.67. The van der Waals surface area contributed by atoms with Gasteiger partial charge < -0.3 is 11.1 Å². The van der Waals surface area contributed by atoms with Crippen molar-refractivity contribution >= 4 is 15.7 Å². The SMILES string of the molecule is CNC(=O)CN(C)CCS(=O)(=O)c1cccc(CN)c1. The van der Waals surface area contributed by atoms with Crippen LogP contribution in [0.4, 0.5) is 0 Å². The third kappa shape index (κ3) is 4.92. The summed E-state index contributed by atoms with van der Waals surface area (Å²) in [4.78, 5) is 13.1. The number of hydrogen-bond donors (Lipinski definition) is 2. The molecule has 1 aromatic rings. The zero-order valence-corrected chi connectivity index (χ0v) is 12.6. The number of nitrogens with one attached hydrogen (secondary N) is 1. The Bertz CT molecular complexity index is 558. The molecule has 6 nitrogen and oxygen atoms in total. The fraction of sp³-hybridized carbons (Fsp3) is 0.462. The van der Waals surface area contributed by atoms with Crippen molar-refractivity contribution in [1.29, 1.82) is 0 Å². The number of carbonyl (C=O) groups is 1. The van der Waals surface area contributed by atoms with E-state index in [2.05, 4.69) is 5.32 Å². The number of nitrogens with two attached hydrogens (primary N) is 1. The minimum absolute atomic E-state index is 0.0332. The molecular weight excluding hydrogens is 278 g/mol. The first-order chi connectivity index (χ1) is 9.39. The topological polar surface area (TPSA) is 92.5 Å². The quantitative estimate of drug-likeness (QED) is 0.714. The van der Waals surface area contributed by atoms with Crippen molar-refractivity contribution in [2.75, 3.05) is 32.9 Å². The first-order valence-corrected chi connectivity index (χ1v) is 7.95. The van der Waals surface area contributed by atoms with Gasteiger partial charge in [-0.2, -0.15) is 0 Å². The summed E-state index contributed by atoms with van der Waals surface area (Å²) in [6, 6.07) is 6.63. The Labute approximate surface area is 119 Å². The Hall–Kier alpha value is -1.44. The molecule has 0 aliphatic rings. The van der Waals surface area contributed by atoms with Gasteiger partial charge in [0.15, 0.2) is 9.84 Å². The summed E-state index contributed by atoms with van der Waals surface area (Å²) >= 11 is 0. The minimum atomic E-state index is -3.36. The molecule has 0 spiro atoms.